The first kappa shape index (κ1) is 17.3. The van der Waals surface area contributed by atoms with Crippen LogP contribution in [0.3, 0.4) is 0 Å². The fourth-order valence-electron chi connectivity index (χ4n) is 1.84. The maximum Gasteiger partial charge on any atom is 0.332 e. The molecule has 1 rings (SSSR count). The molecule has 9 heteroatoms. The predicted octanol–water partition coefficient (Wildman–Crippen LogP) is -0.614. The molecule has 0 saturated carbocycles. The maximum atomic E-state index is 12.0. The zero-order chi connectivity index (χ0) is 16.2. The van der Waals surface area contributed by atoms with Gasteiger partial charge in [0, 0.05) is 26.4 Å². The molecule has 0 amide bonds. The number of anilines is 2. The molecule has 0 aliphatic heterocycles. The van der Waals surface area contributed by atoms with Gasteiger partial charge in [-0.1, -0.05) is 13.3 Å². The Hall–Kier alpha value is -1.77. The molecule has 0 bridgehead atoms. The number of unbranched alkanes of at least 4 members (excludes halogenated alkanes) is 1. The highest BCUT2D eigenvalue weighted by Crippen LogP contribution is 2.11. The topological polar surface area (TPSA) is 116 Å². The van der Waals surface area contributed by atoms with Crippen LogP contribution in [-0.4, -0.2) is 36.1 Å². The van der Waals surface area contributed by atoms with Gasteiger partial charge < -0.3 is 11.1 Å². The first-order valence-corrected chi connectivity index (χ1v) is 8.76. The second-order valence-electron chi connectivity index (χ2n) is 4.97. The van der Waals surface area contributed by atoms with Crippen molar-refractivity contribution in [3.8, 4) is 0 Å². The van der Waals surface area contributed by atoms with E-state index in [-0.39, 0.29) is 23.8 Å². The minimum absolute atomic E-state index is 0.0463. The number of hydrogen-bond acceptors (Lipinski definition) is 6. The van der Waals surface area contributed by atoms with Crippen LogP contribution in [0.5, 0.6) is 0 Å². The predicted molar refractivity (Wildman–Crippen MR) is 83.5 cm³/mol. The summed E-state index contributed by atoms with van der Waals surface area (Å²) >= 11 is 0. The minimum Gasteiger partial charge on any atom is -0.383 e. The van der Waals surface area contributed by atoms with E-state index in [1.54, 1.807) is 0 Å². The van der Waals surface area contributed by atoms with Crippen molar-refractivity contribution in [1.29, 1.82) is 0 Å². The lowest BCUT2D eigenvalue weighted by Gasteiger charge is -2.15. The number of sulfone groups is 1. The number of nitrogens with two attached hydrogens (primary N) is 1. The van der Waals surface area contributed by atoms with E-state index in [0.717, 1.165) is 23.7 Å². The molecule has 0 aromatic carbocycles. The van der Waals surface area contributed by atoms with Gasteiger partial charge >= 0.3 is 5.69 Å². The van der Waals surface area contributed by atoms with E-state index in [9.17, 15) is 18.0 Å². The van der Waals surface area contributed by atoms with Gasteiger partial charge in [-0.3, -0.25) is 13.9 Å². The van der Waals surface area contributed by atoms with Crippen LogP contribution in [0.25, 0.3) is 0 Å². The van der Waals surface area contributed by atoms with Gasteiger partial charge in [-0.05, 0) is 6.42 Å². The zero-order valence-corrected chi connectivity index (χ0v) is 13.4. The van der Waals surface area contributed by atoms with Gasteiger partial charge in [0.05, 0.1) is 5.75 Å². The SMILES string of the molecule is CCCCn1c(N)c(NCCS(C)(=O)=O)c(=O)n(C)c1=O. The number of aromatic nitrogens is 2. The molecular formula is C12H22N4O4S. The zero-order valence-electron chi connectivity index (χ0n) is 12.5. The van der Waals surface area contributed by atoms with Gasteiger partial charge in [0.25, 0.3) is 5.56 Å². The summed E-state index contributed by atoms with van der Waals surface area (Å²) < 4.78 is 24.5. The fourth-order valence-corrected chi connectivity index (χ4v) is 2.32. The Balaban J connectivity index is 3.16. The molecule has 0 fully saturated rings. The molecule has 0 radical (unpaired) electrons. The molecule has 0 unspecified atom stereocenters. The van der Waals surface area contributed by atoms with Gasteiger partial charge in [0.15, 0.2) is 0 Å². The third-order valence-corrected chi connectivity index (χ3v) is 4.04. The van der Waals surface area contributed by atoms with Crippen molar-refractivity contribution in [3.63, 3.8) is 0 Å². The first-order chi connectivity index (χ1) is 9.69. The van der Waals surface area contributed by atoms with Gasteiger partial charge in [-0.2, -0.15) is 0 Å². The average molecular weight is 318 g/mol. The third-order valence-electron chi connectivity index (χ3n) is 3.09. The first-order valence-electron chi connectivity index (χ1n) is 6.70. The van der Waals surface area contributed by atoms with Crippen molar-refractivity contribution in [2.75, 3.05) is 29.6 Å². The summed E-state index contributed by atoms with van der Waals surface area (Å²) in [6.07, 6.45) is 2.75. The van der Waals surface area contributed by atoms with E-state index in [4.69, 9.17) is 5.73 Å². The monoisotopic (exact) mass is 318 g/mol. The normalized spacial score (nSPS) is 11.6. The van der Waals surface area contributed by atoms with Crippen LogP contribution in [-0.2, 0) is 23.4 Å². The molecule has 21 heavy (non-hydrogen) atoms. The van der Waals surface area contributed by atoms with Crippen molar-refractivity contribution < 1.29 is 8.42 Å². The number of rotatable bonds is 7. The number of hydrogen-bond donors (Lipinski definition) is 2. The van der Waals surface area contributed by atoms with Crippen LogP contribution in [0.15, 0.2) is 9.59 Å². The third kappa shape index (κ3) is 4.35. The molecular weight excluding hydrogens is 296 g/mol. The summed E-state index contributed by atoms with van der Waals surface area (Å²) in [5.74, 6) is -0.0750. The summed E-state index contributed by atoms with van der Waals surface area (Å²) in [6.45, 7) is 2.45. The van der Waals surface area contributed by atoms with Gasteiger partial charge in [-0.25, -0.2) is 13.2 Å². The van der Waals surface area contributed by atoms with E-state index in [2.05, 4.69) is 5.32 Å². The van der Waals surface area contributed by atoms with Crippen LogP contribution in [0, 0.1) is 0 Å². The number of nitrogens with one attached hydrogen (secondary N) is 1. The van der Waals surface area contributed by atoms with E-state index >= 15 is 0 Å². The Morgan fingerprint density at radius 3 is 2.43 bits per heavy atom. The molecule has 0 saturated heterocycles. The molecule has 1 heterocycles. The average Bonchev–Trinajstić information content (AvgIpc) is 2.39. The second-order valence-corrected chi connectivity index (χ2v) is 7.23. The van der Waals surface area contributed by atoms with Crippen LogP contribution < -0.4 is 22.3 Å². The maximum absolute atomic E-state index is 12.0. The molecule has 3 N–H and O–H groups in total. The lowest BCUT2D eigenvalue weighted by atomic mass is 10.3. The highest BCUT2D eigenvalue weighted by Gasteiger charge is 2.15. The van der Waals surface area contributed by atoms with Gasteiger partial charge in [-0.15, -0.1) is 0 Å². The minimum atomic E-state index is -3.14. The van der Waals surface area contributed by atoms with Gasteiger partial charge in [0.1, 0.15) is 21.3 Å². The standard InChI is InChI=1S/C12H22N4O4S/c1-4-5-7-16-10(13)9(11(17)15(2)12(16)18)14-6-8-21(3,19)20/h14H,4-8,13H2,1-3H3. The van der Waals surface area contributed by atoms with Crippen molar-refractivity contribution >= 4 is 21.3 Å². The Kier molecular flexibility index (Phi) is 5.59. The highest BCUT2D eigenvalue weighted by atomic mass is 32.2. The quantitative estimate of drug-likeness (QED) is 0.692. The molecule has 120 valence electrons. The van der Waals surface area contributed by atoms with Crippen molar-refractivity contribution in [1.82, 2.24) is 9.13 Å². The lowest BCUT2D eigenvalue weighted by molar-refractivity contribution is 0.575. The second kappa shape index (κ2) is 6.79. The summed E-state index contributed by atoms with van der Waals surface area (Å²) in [7, 11) is -1.77. The van der Waals surface area contributed by atoms with Gasteiger partial charge in [0.2, 0.25) is 0 Å². The molecule has 0 aliphatic rings. The van der Waals surface area contributed by atoms with Crippen molar-refractivity contribution in [2.24, 2.45) is 7.05 Å². The largest absolute Gasteiger partial charge is 0.383 e. The van der Waals surface area contributed by atoms with Crippen LogP contribution in [0.1, 0.15) is 19.8 Å². The van der Waals surface area contributed by atoms with Crippen LogP contribution >= 0.6 is 0 Å². The lowest BCUT2D eigenvalue weighted by Crippen LogP contribution is -2.41. The van der Waals surface area contributed by atoms with Crippen molar-refractivity contribution in [3.05, 3.63) is 20.8 Å². The fraction of sp³-hybridized carbons (Fsp3) is 0.667. The molecule has 0 aliphatic carbocycles. The van der Waals surface area contributed by atoms with Crippen LogP contribution in [0.4, 0.5) is 11.5 Å². The van der Waals surface area contributed by atoms with Crippen molar-refractivity contribution in [2.45, 2.75) is 26.3 Å². The van der Waals surface area contributed by atoms with E-state index < -0.39 is 21.1 Å². The Morgan fingerprint density at radius 1 is 1.29 bits per heavy atom. The Bertz CT molecular complexity index is 718. The summed E-state index contributed by atoms with van der Waals surface area (Å²) in [6, 6.07) is 0. The number of nitrogen functional groups attached to an aromatic ring is 1. The number of nitrogens with zero attached hydrogens (tertiary/aromatic N) is 2. The summed E-state index contributed by atoms with van der Waals surface area (Å²) in [4.78, 5) is 24.1. The molecule has 1 aromatic heterocycles. The highest BCUT2D eigenvalue weighted by molar-refractivity contribution is 7.90. The summed E-state index contributed by atoms with van der Waals surface area (Å²) in [5.41, 5.74) is 4.92. The Labute approximate surface area is 123 Å². The summed E-state index contributed by atoms with van der Waals surface area (Å²) in [5, 5.41) is 2.73. The van der Waals surface area contributed by atoms with Crippen LogP contribution in [0.2, 0.25) is 0 Å². The molecule has 0 spiro atoms. The Morgan fingerprint density at radius 2 is 1.90 bits per heavy atom. The van der Waals surface area contributed by atoms with E-state index in [1.807, 2.05) is 6.92 Å². The molecule has 8 nitrogen and oxygen atoms in total. The van der Waals surface area contributed by atoms with E-state index in [0.29, 0.717) is 6.54 Å². The smallest absolute Gasteiger partial charge is 0.332 e. The molecule has 0 atom stereocenters. The molecule has 1 aromatic rings. The van der Waals surface area contributed by atoms with E-state index in [1.165, 1.54) is 11.6 Å².